The molecule has 0 radical (unpaired) electrons. The maximum Gasteiger partial charge on any atom is 0.416 e. The van der Waals surface area contributed by atoms with Gasteiger partial charge in [-0.1, -0.05) is 12.1 Å². The number of carbonyl (C=O) groups excluding carboxylic acids is 2. The number of aliphatic imine (C=N–C) groups is 1. The molecule has 27 heavy (non-hydrogen) atoms. The Bertz CT molecular complexity index is 705. The lowest BCUT2D eigenvalue weighted by Crippen LogP contribution is -2.40. The molecule has 1 fully saturated rings. The SMILES string of the molecule is CCNC(=NCCN1C(=O)CNC1=O)NC(C)c1cccc(C(F)(F)F)c1. The van der Waals surface area contributed by atoms with Gasteiger partial charge in [-0.15, -0.1) is 0 Å². The number of nitrogens with one attached hydrogen (secondary N) is 3. The minimum Gasteiger partial charge on any atom is -0.357 e. The van der Waals surface area contributed by atoms with Crippen molar-refractivity contribution in [1.82, 2.24) is 20.9 Å². The fourth-order valence-electron chi connectivity index (χ4n) is 2.54. The number of imide groups is 1. The van der Waals surface area contributed by atoms with Crippen LogP contribution in [0.4, 0.5) is 18.0 Å². The Balaban J connectivity index is 2.02. The second-order valence-corrected chi connectivity index (χ2v) is 5.95. The molecule has 0 bridgehead atoms. The average molecular weight is 385 g/mol. The first kappa shape index (κ1) is 20.5. The van der Waals surface area contributed by atoms with E-state index in [-0.39, 0.29) is 25.5 Å². The lowest BCUT2D eigenvalue weighted by atomic mass is 10.1. The van der Waals surface area contributed by atoms with Crippen LogP contribution >= 0.6 is 0 Å². The predicted molar refractivity (Wildman–Crippen MR) is 94.1 cm³/mol. The lowest BCUT2D eigenvalue weighted by Gasteiger charge is -2.19. The Hall–Kier alpha value is -2.78. The molecule has 1 aromatic carbocycles. The van der Waals surface area contributed by atoms with Crippen molar-refractivity contribution in [1.29, 1.82) is 0 Å². The van der Waals surface area contributed by atoms with Gasteiger partial charge in [-0.3, -0.25) is 14.7 Å². The first-order valence-corrected chi connectivity index (χ1v) is 8.52. The van der Waals surface area contributed by atoms with E-state index in [0.717, 1.165) is 17.0 Å². The number of hydrogen-bond acceptors (Lipinski definition) is 3. The fraction of sp³-hybridized carbons (Fsp3) is 0.471. The lowest BCUT2D eigenvalue weighted by molar-refractivity contribution is -0.137. The van der Waals surface area contributed by atoms with Gasteiger partial charge in [0.05, 0.1) is 31.2 Å². The average Bonchev–Trinajstić information content (AvgIpc) is 2.93. The van der Waals surface area contributed by atoms with Gasteiger partial charge in [0.25, 0.3) is 0 Å². The summed E-state index contributed by atoms with van der Waals surface area (Å²) in [6.45, 7) is 4.39. The van der Waals surface area contributed by atoms with Gasteiger partial charge in [-0.05, 0) is 31.5 Å². The second kappa shape index (κ2) is 8.74. The number of rotatable bonds is 6. The summed E-state index contributed by atoms with van der Waals surface area (Å²) in [6, 6.07) is 4.19. The highest BCUT2D eigenvalue weighted by Crippen LogP contribution is 2.30. The number of carbonyl (C=O) groups is 2. The monoisotopic (exact) mass is 385 g/mol. The van der Waals surface area contributed by atoms with Crippen LogP contribution in [-0.2, 0) is 11.0 Å². The summed E-state index contributed by atoms with van der Waals surface area (Å²) in [5.41, 5.74) is -0.251. The third-order valence-corrected chi connectivity index (χ3v) is 3.94. The van der Waals surface area contributed by atoms with Crippen LogP contribution in [0.5, 0.6) is 0 Å². The Kier molecular flexibility index (Phi) is 6.65. The van der Waals surface area contributed by atoms with Gasteiger partial charge in [0.15, 0.2) is 5.96 Å². The zero-order chi connectivity index (χ0) is 20.0. The molecule has 1 aromatic rings. The van der Waals surface area contributed by atoms with Crippen LogP contribution in [-0.4, -0.2) is 49.0 Å². The number of guanidine groups is 1. The number of hydrogen-bond donors (Lipinski definition) is 3. The van der Waals surface area contributed by atoms with Crippen molar-refractivity contribution < 1.29 is 22.8 Å². The summed E-state index contributed by atoms with van der Waals surface area (Å²) >= 11 is 0. The Morgan fingerprint density at radius 2 is 2.11 bits per heavy atom. The van der Waals surface area contributed by atoms with Crippen molar-refractivity contribution >= 4 is 17.9 Å². The van der Waals surface area contributed by atoms with E-state index in [1.54, 1.807) is 13.0 Å². The van der Waals surface area contributed by atoms with E-state index in [1.807, 2.05) is 6.92 Å². The molecule has 1 saturated heterocycles. The minimum atomic E-state index is -4.41. The highest BCUT2D eigenvalue weighted by molar-refractivity contribution is 6.01. The molecule has 3 amide bonds. The largest absolute Gasteiger partial charge is 0.416 e. The molecular formula is C17H22F3N5O2. The molecule has 0 spiro atoms. The van der Waals surface area contributed by atoms with Gasteiger partial charge in [-0.2, -0.15) is 13.2 Å². The van der Waals surface area contributed by atoms with E-state index in [4.69, 9.17) is 0 Å². The number of amides is 3. The van der Waals surface area contributed by atoms with Crippen LogP contribution in [0.2, 0.25) is 0 Å². The highest BCUT2D eigenvalue weighted by atomic mass is 19.4. The molecule has 1 heterocycles. The number of urea groups is 1. The third kappa shape index (κ3) is 5.60. The number of halogens is 3. The topological polar surface area (TPSA) is 85.8 Å². The van der Waals surface area contributed by atoms with Gasteiger partial charge in [0, 0.05) is 6.54 Å². The molecule has 1 atom stereocenters. The summed E-state index contributed by atoms with van der Waals surface area (Å²) in [5.74, 6) is 0.0694. The van der Waals surface area contributed by atoms with E-state index in [2.05, 4.69) is 20.9 Å². The van der Waals surface area contributed by atoms with E-state index in [9.17, 15) is 22.8 Å². The summed E-state index contributed by atoms with van der Waals surface area (Å²) in [5, 5.41) is 8.44. The minimum absolute atomic E-state index is 0.0204. The van der Waals surface area contributed by atoms with E-state index in [0.29, 0.717) is 18.1 Å². The second-order valence-electron chi connectivity index (χ2n) is 5.95. The Labute approximate surface area is 155 Å². The molecule has 10 heteroatoms. The van der Waals surface area contributed by atoms with Crippen LogP contribution in [0.3, 0.4) is 0 Å². The van der Waals surface area contributed by atoms with Crippen molar-refractivity contribution in [3.8, 4) is 0 Å². The van der Waals surface area contributed by atoms with Gasteiger partial charge in [-0.25, -0.2) is 4.79 Å². The number of alkyl halides is 3. The molecule has 1 aliphatic rings. The normalized spacial score (nSPS) is 16.3. The summed E-state index contributed by atoms with van der Waals surface area (Å²) in [6.07, 6.45) is -4.41. The predicted octanol–water partition coefficient (Wildman–Crippen LogP) is 1.87. The van der Waals surface area contributed by atoms with Crippen molar-refractivity contribution in [2.45, 2.75) is 26.1 Å². The van der Waals surface area contributed by atoms with Gasteiger partial charge >= 0.3 is 12.2 Å². The van der Waals surface area contributed by atoms with Gasteiger partial charge < -0.3 is 16.0 Å². The molecule has 2 rings (SSSR count). The quantitative estimate of drug-likeness (QED) is 0.397. The van der Waals surface area contributed by atoms with Crippen molar-refractivity contribution in [3.05, 3.63) is 35.4 Å². The van der Waals surface area contributed by atoms with E-state index in [1.165, 1.54) is 6.07 Å². The van der Waals surface area contributed by atoms with Gasteiger partial charge in [0.1, 0.15) is 0 Å². The van der Waals surface area contributed by atoms with Crippen LogP contribution in [0.25, 0.3) is 0 Å². The van der Waals surface area contributed by atoms with E-state index >= 15 is 0 Å². The van der Waals surface area contributed by atoms with Crippen LogP contribution in [0.1, 0.15) is 31.0 Å². The van der Waals surface area contributed by atoms with E-state index < -0.39 is 23.8 Å². The summed E-state index contributed by atoms with van der Waals surface area (Å²) in [4.78, 5) is 28.4. The smallest absolute Gasteiger partial charge is 0.357 e. The molecule has 3 N–H and O–H groups in total. The third-order valence-electron chi connectivity index (χ3n) is 3.94. The Morgan fingerprint density at radius 3 is 2.70 bits per heavy atom. The Morgan fingerprint density at radius 1 is 1.37 bits per heavy atom. The van der Waals surface area contributed by atoms with Crippen LogP contribution in [0, 0.1) is 0 Å². The maximum absolute atomic E-state index is 12.9. The van der Waals surface area contributed by atoms with Crippen molar-refractivity contribution in [3.63, 3.8) is 0 Å². The molecule has 0 aromatic heterocycles. The standard InChI is InChI=1S/C17H22F3N5O2/c1-3-21-15(22-7-8-25-14(26)10-23-16(25)27)24-11(2)12-5-4-6-13(9-12)17(18,19)20/h4-6,9,11H,3,7-8,10H2,1-2H3,(H,23,27)(H2,21,22,24). The van der Waals surface area contributed by atoms with Crippen molar-refractivity contribution in [2.75, 3.05) is 26.2 Å². The summed E-state index contributed by atoms with van der Waals surface area (Å²) in [7, 11) is 0. The van der Waals surface area contributed by atoms with Crippen LogP contribution < -0.4 is 16.0 Å². The fourth-order valence-corrected chi connectivity index (χ4v) is 2.54. The first-order chi connectivity index (χ1) is 12.7. The van der Waals surface area contributed by atoms with Crippen LogP contribution in [0.15, 0.2) is 29.3 Å². The highest BCUT2D eigenvalue weighted by Gasteiger charge is 2.31. The molecule has 7 nitrogen and oxygen atoms in total. The molecule has 1 aliphatic heterocycles. The van der Waals surface area contributed by atoms with Gasteiger partial charge in [0.2, 0.25) is 5.91 Å². The first-order valence-electron chi connectivity index (χ1n) is 8.52. The zero-order valence-corrected chi connectivity index (χ0v) is 15.1. The molecule has 148 valence electrons. The number of nitrogens with zero attached hydrogens (tertiary/aromatic N) is 2. The number of benzene rings is 1. The molecular weight excluding hydrogens is 363 g/mol. The molecule has 0 saturated carbocycles. The summed E-state index contributed by atoms with van der Waals surface area (Å²) < 4.78 is 38.6. The molecule has 0 aliphatic carbocycles. The van der Waals surface area contributed by atoms with Crippen molar-refractivity contribution in [2.24, 2.45) is 4.99 Å². The molecule has 1 unspecified atom stereocenters. The maximum atomic E-state index is 12.9. The zero-order valence-electron chi connectivity index (χ0n) is 15.1.